The molecule has 3 N–H and O–H groups in total. The van der Waals surface area contributed by atoms with Crippen molar-refractivity contribution in [1.29, 1.82) is 0 Å². The van der Waals surface area contributed by atoms with Gasteiger partial charge in [0.05, 0.1) is 6.04 Å². The summed E-state index contributed by atoms with van der Waals surface area (Å²) in [4.78, 5) is 0. The topological polar surface area (TPSA) is 59.4 Å². The molecule has 3 heteroatoms. The van der Waals surface area contributed by atoms with E-state index in [4.69, 9.17) is 15.3 Å². The first kappa shape index (κ1) is 7.83. The van der Waals surface area contributed by atoms with Crippen LogP contribution in [0.1, 0.15) is 30.4 Å². The van der Waals surface area contributed by atoms with E-state index in [1.165, 1.54) is 12.8 Å². The van der Waals surface area contributed by atoms with Crippen LogP contribution in [-0.4, -0.2) is 5.11 Å². The molecule has 3 nitrogen and oxygen atoms in total. The standard InChI is InChI=1S/C9H13NO2/c10-9(6-1-2-6)8-4-3-7(5-11)12-8/h3-4,6,9,11H,1-2,5,10H2/t9-/m1/s1. The minimum absolute atomic E-state index is 0.0327. The SMILES string of the molecule is N[C@@H](c1ccc(CO)o1)C1CC1. The van der Waals surface area contributed by atoms with Gasteiger partial charge in [-0.2, -0.15) is 0 Å². The Morgan fingerprint density at radius 2 is 2.33 bits per heavy atom. The zero-order valence-electron chi connectivity index (χ0n) is 6.86. The van der Waals surface area contributed by atoms with E-state index in [0.29, 0.717) is 11.7 Å². The molecule has 1 heterocycles. The third-order valence-electron chi connectivity index (χ3n) is 2.30. The average molecular weight is 167 g/mol. The molecule has 0 saturated heterocycles. The minimum atomic E-state index is -0.0443. The van der Waals surface area contributed by atoms with Gasteiger partial charge in [-0.05, 0) is 30.9 Å². The second-order valence-corrected chi connectivity index (χ2v) is 3.33. The van der Waals surface area contributed by atoms with Gasteiger partial charge in [-0.25, -0.2) is 0 Å². The first-order chi connectivity index (χ1) is 5.81. The Morgan fingerprint density at radius 1 is 1.58 bits per heavy atom. The van der Waals surface area contributed by atoms with E-state index >= 15 is 0 Å². The number of hydrogen-bond acceptors (Lipinski definition) is 3. The lowest BCUT2D eigenvalue weighted by Gasteiger charge is -2.04. The van der Waals surface area contributed by atoms with Gasteiger partial charge in [0, 0.05) is 0 Å². The minimum Gasteiger partial charge on any atom is -0.462 e. The summed E-state index contributed by atoms with van der Waals surface area (Å²) in [5, 5.41) is 8.75. The Morgan fingerprint density at radius 3 is 2.83 bits per heavy atom. The normalized spacial score (nSPS) is 19.5. The monoisotopic (exact) mass is 167 g/mol. The van der Waals surface area contributed by atoms with Gasteiger partial charge in [-0.1, -0.05) is 0 Å². The second-order valence-electron chi connectivity index (χ2n) is 3.33. The van der Waals surface area contributed by atoms with Crippen LogP contribution in [0.4, 0.5) is 0 Å². The van der Waals surface area contributed by atoms with Gasteiger partial charge in [0.15, 0.2) is 0 Å². The van der Waals surface area contributed by atoms with Crippen molar-refractivity contribution in [3.63, 3.8) is 0 Å². The van der Waals surface area contributed by atoms with E-state index in [0.717, 1.165) is 5.76 Å². The van der Waals surface area contributed by atoms with Crippen LogP contribution in [0.3, 0.4) is 0 Å². The van der Waals surface area contributed by atoms with Gasteiger partial charge in [-0.15, -0.1) is 0 Å². The Balaban J connectivity index is 2.10. The number of nitrogens with two attached hydrogens (primary N) is 1. The summed E-state index contributed by atoms with van der Waals surface area (Å²) in [6.07, 6.45) is 2.41. The fourth-order valence-corrected chi connectivity index (χ4v) is 1.35. The molecule has 1 aliphatic carbocycles. The molecule has 0 spiro atoms. The number of hydrogen-bond donors (Lipinski definition) is 2. The van der Waals surface area contributed by atoms with Gasteiger partial charge in [0.2, 0.25) is 0 Å². The molecular weight excluding hydrogens is 154 g/mol. The largest absolute Gasteiger partial charge is 0.462 e. The first-order valence-corrected chi connectivity index (χ1v) is 4.26. The molecule has 0 amide bonds. The van der Waals surface area contributed by atoms with Gasteiger partial charge < -0.3 is 15.3 Å². The zero-order chi connectivity index (χ0) is 8.55. The summed E-state index contributed by atoms with van der Waals surface area (Å²) < 4.78 is 5.32. The molecule has 0 unspecified atom stereocenters. The summed E-state index contributed by atoms with van der Waals surface area (Å²) in [6.45, 7) is -0.0443. The Hall–Kier alpha value is -0.800. The van der Waals surface area contributed by atoms with Gasteiger partial charge in [0.25, 0.3) is 0 Å². The number of furan rings is 1. The predicted molar refractivity (Wildman–Crippen MR) is 44.3 cm³/mol. The van der Waals surface area contributed by atoms with Gasteiger partial charge in [-0.3, -0.25) is 0 Å². The molecule has 0 aliphatic heterocycles. The predicted octanol–water partition coefficient (Wildman–Crippen LogP) is 1.18. The van der Waals surface area contributed by atoms with Crippen molar-refractivity contribution in [3.05, 3.63) is 23.7 Å². The van der Waals surface area contributed by atoms with E-state index in [9.17, 15) is 0 Å². The molecule has 1 aliphatic rings. The maximum Gasteiger partial charge on any atom is 0.129 e. The summed E-state index contributed by atoms with van der Waals surface area (Å²) in [5.74, 6) is 2.00. The molecular formula is C9H13NO2. The number of rotatable bonds is 3. The molecule has 1 fully saturated rings. The quantitative estimate of drug-likeness (QED) is 0.710. The zero-order valence-corrected chi connectivity index (χ0v) is 6.86. The Labute approximate surface area is 71.2 Å². The average Bonchev–Trinajstić information content (AvgIpc) is 2.82. The van der Waals surface area contributed by atoms with Crippen LogP contribution in [0.2, 0.25) is 0 Å². The van der Waals surface area contributed by atoms with Crippen LogP contribution in [0.5, 0.6) is 0 Å². The van der Waals surface area contributed by atoms with Crippen LogP contribution in [0.15, 0.2) is 16.5 Å². The van der Waals surface area contributed by atoms with Crippen molar-refractivity contribution in [3.8, 4) is 0 Å². The summed E-state index contributed by atoms with van der Waals surface area (Å²) in [6, 6.07) is 3.66. The molecule has 2 rings (SSSR count). The highest BCUT2D eigenvalue weighted by molar-refractivity contribution is 5.12. The van der Waals surface area contributed by atoms with Crippen LogP contribution in [-0.2, 0) is 6.61 Å². The summed E-state index contributed by atoms with van der Waals surface area (Å²) >= 11 is 0. The molecule has 1 saturated carbocycles. The number of aliphatic hydroxyl groups is 1. The smallest absolute Gasteiger partial charge is 0.129 e. The molecule has 66 valence electrons. The molecule has 1 aromatic heterocycles. The van der Waals surface area contributed by atoms with E-state index in [1.807, 2.05) is 6.07 Å². The third kappa shape index (κ3) is 1.38. The van der Waals surface area contributed by atoms with E-state index < -0.39 is 0 Å². The van der Waals surface area contributed by atoms with Crippen LogP contribution < -0.4 is 5.73 Å². The lowest BCUT2D eigenvalue weighted by Crippen LogP contribution is -2.10. The van der Waals surface area contributed by atoms with Crippen LogP contribution in [0.25, 0.3) is 0 Å². The van der Waals surface area contributed by atoms with Crippen LogP contribution >= 0.6 is 0 Å². The van der Waals surface area contributed by atoms with Crippen molar-refractivity contribution in [1.82, 2.24) is 0 Å². The fourth-order valence-electron chi connectivity index (χ4n) is 1.35. The van der Waals surface area contributed by atoms with E-state index in [-0.39, 0.29) is 12.6 Å². The van der Waals surface area contributed by atoms with Crippen molar-refractivity contribution < 1.29 is 9.52 Å². The molecule has 1 aromatic rings. The molecule has 12 heavy (non-hydrogen) atoms. The van der Waals surface area contributed by atoms with Crippen molar-refractivity contribution in [2.75, 3.05) is 0 Å². The fraction of sp³-hybridized carbons (Fsp3) is 0.556. The van der Waals surface area contributed by atoms with Crippen molar-refractivity contribution in [2.45, 2.75) is 25.5 Å². The Kier molecular flexibility index (Phi) is 1.90. The lowest BCUT2D eigenvalue weighted by molar-refractivity contribution is 0.240. The summed E-state index contributed by atoms with van der Waals surface area (Å²) in [7, 11) is 0. The molecule has 1 atom stereocenters. The van der Waals surface area contributed by atoms with Crippen LogP contribution in [0, 0.1) is 5.92 Å². The first-order valence-electron chi connectivity index (χ1n) is 4.26. The molecule has 0 radical (unpaired) electrons. The molecule has 0 aromatic carbocycles. The van der Waals surface area contributed by atoms with E-state index in [2.05, 4.69) is 0 Å². The van der Waals surface area contributed by atoms with Crippen molar-refractivity contribution in [2.24, 2.45) is 11.7 Å². The van der Waals surface area contributed by atoms with Gasteiger partial charge >= 0.3 is 0 Å². The highest BCUT2D eigenvalue weighted by Gasteiger charge is 2.31. The lowest BCUT2D eigenvalue weighted by atomic mass is 10.1. The second kappa shape index (κ2) is 2.92. The van der Waals surface area contributed by atoms with E-state index in [1.54, 1.807) is 6.07 Å². The van der Waals surface area contributed by atoms with Crippen molar-refractivity contribution >= 4 is 0 Å². The number of aliphatic hydroxyl groups excluding tert-OH is 1. The van der Waals surface area contributed by atoms with Gasteiger partial charge in [0.1, 0.15) is 18.1 Å². The highest BCUT2D eigenvalue weighted by atomic mass is 16.4. The maximum atomic E-state index is 8.75. The maximum absolute atomic E-state index is 8.75. The summed E-state index contributed by atoms with van der Waals surface area (Å²) in [5.41, 5.74) is 5.89. The highest BCUT2D eigenvalue weighted by Crippen LogP contribution is 2.39. The Bertz CT molecular complexity index is 265. The third-order valence-corrected chi connectivity index (χ3v) is 2.30. The molecule has 0 bridgehead atoms.